The number of rotatable bonds is 6. The second-order valence-electron chi connectivity index (χ2n) is 4.25. The van der Waals surface area contributed by atoms with Gasteiger partial charge in [0.25, 0.3) is 0 Å². The van der Waals surface area contributed by atoms with E-state index < -0.39 is 0 Å². The smallest absolute Gasteiger partial charge is 0.180 e. The molecule has 0 unspecified atom stereocenters. The Kier molecular flexibility index (Phi) is 5.11. The summed E-state index contributed by atoms with van der Waals surface area (Å²) in [5.74, 6) is 0.646. The fourth-order valence-electron chi connectivity index (χ4n) is 1.87. The molecule has 0 fully saturated rings. The zero-order valence-corrected chi connectivity index (χ0v) is 12.6. The molecule has 0 amide bonds. The van der Waals surface area contributed by atoms with Gasteiger partial charge in [-0.1, -0.05) is 18.2 Å². The maximum atomic E-state index is 12.3. The molecule has 0 radical (unpaired) electrons. The second kappa shape index (κ2) is 7.04. The Morgan fingerprint density at radius 3 is 2.48 bits per heavy atom. The maximum Gasteiger partial charge on any atom is 0.180 e. The van der Waals surface area contributed by atoms with Crippen LogP contribution in [0, 0.1) is 0 Å². The van der Waals surface area contributed by atoms with Gasteiger partial charge in [0.15, 0.2) is 5.78 Å². The standard InChI is InChI=1S/C16H16O4S/c1-19-11-8-13(17)16(15(9-11)20-2)14(18)10-21-12-6-4-3-5-7-12/h3-9,17H,10H2,1-2H3. The summed E-state index contributed by atoms with van der Waals surface area (Å²) < 4.78 is 10.2. The molecule has 2 rings (SSSR count). The number of carbonyl (C=O) groups is 1. The summed E-state index contributed by atoms with van der Waals surface area (Å²) in [5.41, 5.74) is 0.182. The number of methoxy groups -OCH3 is 2. The third-order valence-electron chi connectivity index (χ3n) is 2.90. The third kappa shape index (κ3) is 3.70. The molecular weight excluding hydrogens is 288 g/mol. The summed E-state index contributed by atoms with van der Waals surface area (Å²) in [6.07, 6.45) is 0. The molecular formula is C16H16O4S. The zero-order valence-electron chi connectivity index (χ0n) is 11.8. The average molecular weight is 304 g/mol. The quantitative estimate of drug-likeness (QED) is 0.655. The van der Waals surface area contributed by atoms with E-state index in [1.165, 1.54) is 32.0 Å². The van der Waals surface area contributed by atoms with Crippen LogP contribution in [-0.4, -0.2) is 30.9 Å². The first kappa shape index (κ1) is 15.3. The Hall–Kier alpha value is -2.14. The largest absolute Gasteiger partial charge is 0.507 e. The van der Waals surface area contributed by atoms with Crippen molar-refractivity contribution in [3.05, 3.63) is 48.0 Å². The van der Waals surface area contributed by atoms with Gasteiger partial charge in [0, 0.05) is 17.0 Å². The minimum absolute atomic E-state index is 0.134. The van der Waals surface area contributed by atoms with Gasteiger partial charge in [-0.3, -0.25) is 4.79 Å². The minimum atomic E-state index is -0.194. The molecule has 21 heavy (non-hydrogen) atoms. The number of phenolic OH excluding ortho intramolecular Hbond substituents is 1. The van der Waals surface area contributed by atoms with E-state index in [-0.39, 0.29) is 22.8 Å². The zero-order chi connectivity index (χ0) is 15.2. The molecule has 0 aliphatic rings. The highest BCUT2D eigenvalue weighted by atomic mass is 32.2. The van der Waals surface area contributed by atoms with E-state index in [9.17, 15) is 9.90 Å². The SMILES string of the molecule is COc1cc(O)c(C(=O)CSc2ccccc2)c(OC)c1. The molecule has 0 saturated heterocycles. The van der Waals surface area contributed by atoms with Gasteiger partial charge in [0.2, 0.25) is 0 Å². The number of hydrogen-bond donors (Lipinski definition) is 1. The molecule has 0 atom stereocenters. The van der Waals surface area contributed by atoms with Crippen molar-refractivity contribution in [1.82, 2.24) is 0 Å². The van der Waals surface area contributed by atoms with Crippen molar-refractivity contribution in [3.63, 3.8) is 0 Å². The van der Waals surface area contributed by atoms with E-state index >= 15 is 0 Å². The number of aromatic hydroxyl groups is 1. The number of hydrogen-bond acceptors (Lipinski definition) is 5. The van der Waals surface area contributed by atoms with Crippen LogP contribution in [0.25, 0.3) is 0 Å². The van der Waals surface area contributed by atoms with Crippen LogP contribution in [0.5, 0.6) is 17.2 Å². The van der Waals surface area contributed by atoms with E-state index in [0.29, 0.717) is 11.5 Å². The molecule has 5 heteroatoms. The summed E-state index contributed by atoms with van der Waals surface area (Å²) in [6.45, 7) is 0. The fraction of sp³-hybridized carbons (Fsp3) is 0.188. The van der Waals surface area contributed by atoms with Crippen molar-refractivity contribution < 1.29 is 19.4 Å². The van der Waals surface area contributed by atoms with Gasteiger partial charge >= 0.3 is 0 Å². The maximum absolute atomic E-state index is 12.3. The number of Topliss-reactive ketones (excluding diaryl/α,β-unsaturated/α-hetero) is 1. The van der Waals surface area contributed by atoms with Crippen LogP contribution in [0.15, 0.2) is 47.4 Å². The molecule has 110 valence electrons. The number of ketones is 1. The third-order valence-corrected chi connectivity index (χ3v) is 3.91. The van der Waals surface area contributed by atoms with Crippen molar-refractivity contribution in [2.45, 2.75) is 4.90 Å². The average Bonchev–Trinajstić information content (AvgIpc) is 2.52. The molecule has 0 aliphatic heterocycles. The molecule has 2 aromatic carbocycles. The molecule has 0 heterocycles. The Balaban J connectivity index is 2.19. The molecule has 0 spiro atoms. The highest BCUT2D eigenvalue weighted by Gasteiger charge is 2.19. The van der Waals surface area contributed by atoms with Crippen molar-refractivity contribution in [3.8, 4) is 17.2 Å². The van der Waals surface area contributed by atoms with Gasteiger partial charge in [-0.25, -0.2) is 0 Å². The van der Waals surface area contributed by atoms with Crippen LogP contribution >= 0.6 is 11.8 Å². The van der Waals surface area contributed by atoms with Crippen LogP contribution in [-0.2, 0) is 0 Å². The van der Waals surface area contributed by atoms with E-state index in [2.05, 4.69) is 0 Å². The molecule has 4 nitrogen and oxygen atoms in total. The Labute approximate surface area is 127 Å². The fourth-order valence-corrected chi connectivity index (χ4v) is 2.66. The van der Waals surface area contributed by atoms with Crippen LogP contribution in [0.2, 0.25) is 0 Å². The number of thioether (sulfide) groups is 1. The van der Waals surface area contributed by atoms with Gasteiger partial charge < -0.3 is 14.6 Å². The van der Waals surface area contributed by atoms with Gasteiger partial charge in [-0.2, -0.15) is 0 Å². The lowest BCUT2D eigenvalue weighted by molar-refractivity contribution is 0.101. The van der Waals surface area contributed by atoms with Crippen LogP contribution in [0.4, 0.5) is 0 Å². The van der Waals surface area contributed by atoms with Crippen molar-refractivity contribution in [2.24, 2.45) is 0 Å². The summed E-state index contributed by atoms with van der Waals surface area (Å²) >= 11 is 1.41. The van der Waals surface area contributed by atoms with Crippen LogP contribution in [0.1, 0.15) is 10.4 Å². The van der Waals surface area contributed by atoms with E-state index in [0.717, 1.165) is 4.90 Å². The predicted molar refractivity (Wildman–Crippen MR) is 82.7 cm³/mol. The van der Waals surface area contributed by atoms with Crippen molar-refractivity contribution in [2.75, 3.05) is 20.0 Å². The van der Waals surface area contributed by atoms with Gasteiger partial charge in [0.1, 0.15) is 22.8 Å². The molecule has 0 aliphatic carbocycles. The number of phenols is 1. The predicted octanol–water partition coefficient (Wildman–Crippen LogP) is 3.38. The summed E-state index contributed by atoms with van der Waals surface area (Å²) in [6, 6.07) is 12.6. The second-order valence-corrected chi connectivity index (χ2v) is 5.30. The van der Waals surface area contributed by atoms with Crippen LogP contribution in [0.3, 0.4) is 0 Å². The molecule has 1 N–H and O–H groups in total. The van der Waals surface area contributed by atoms with E-state index in [4.69, 9.17) is 9.47 Å². The van der Waals surface area contributed by atoms with Gasteiger partial charge in [0.05, 0.1) is 20.0 Å². The molecule has 0 bridgehead atoms. The highest BCUT2D eigenvalue weighted by molar-refractivity contribution is 8.00. The van der Waals surface area contributed by atoms with E-state index in [1.54, 1.807) is 6.07 Å². The first-order valence-electron chi connectivity index (χ1n) is 6.31. The summed E-state index contributed by atoms with van der Waals surface area (Å²) in [5, 5.41) is 10.0. The lowest BCUT2D eigenvalue weighted by atomic mass is 10.1. The topological polar surface area (TPSA) is 55.8 Å². The minimum Gasteiger partial charge on any atom is -0.507 e. The highest BCUT2D eigenvalue weighted by Crippen LogP contribution is 2.34. The number of benzene rings is 2. The molecule has 0 saturated carbocycles. The Morgan fingerprint density at radius 2 is 1.86 bits per heavy atom. The Bertz CT molecular complexity index is 626. The first-order valence-corrected chi connectivity index (χ1v) is 7.30. The van der Waals surface area contributed by atoms with Crippen molar-refractivity contribution >= 4 is 17.5 Å². The summed E-state index contributed by atoms with van der Waals surface area (Å²) in [7, 11) is 2.94. The van der Waals surface area contributed by atoms with Crippen molar-refractivity contribution in [1.29, 1.82) is 0 Å². The Morgan fingerprint density at radius 1 is 1.14 bits per heavy atom. The number of ether oxygens (including phenoxy) is 2. The lowest BCUT2D eigenvalue weighted by Crippen LogP contribution is -2.06. The first-order chi connectivity index (χ1) is 10.2. The van der Waals surface area contributed by atoms with Gasteiger partial charge in [-0.05, 0) is 12.1 Å². The van der Waals surface area contributed by atoms with Gasteiger partial charge in [-0.15, -0.1) is 11.8 Å². The molecule has 0 aromatic heterocycles. The lowest BCUT2D eigenvalue weighted by Gasteiger charge is -2.11. The number of carbonyl (C=O) groups excluding carboxylic acids is 1. The molecule has 2 aromatic rings. The normalized spacial score (nSPS) is 10.2. The monoisotopic (exact) mass is 304 g/mol. The van der Waals surface area contributed by atoms with E-state index in [1.807, 2.05) is 30.3 Å². The summed E-state index contributed by atoms with van der Waals surface area (Å²) in [4.78, 5) is 13.3. The van der Waals surface area contributed by atoms with Crippen LogP contribution < -0.4 is 9.47 Å².